The molecule has 7 heteroatoms. The second kappa shape index (κ2) is 6.51. The van der Waals surface area contributed by atoms with Gasteiger partial charge in [0, 0.05) is 23.5 Å². The Bertz CT molecular complexity index is 798. The lowest BCUT2D eigenvalue weighted by atomic mass is 10.1. The van der Waals surface area contributed by atoms with Gasteiger partial charge in [0.2, 0.25) is 0 Å². The molecule has 0 aromatic carbocycles. The van der Waals surface area contributed by atoms with Crippen LogP contribution in [0, 0.1) is 13.8 Å². The number of nitrogens with zero attached hydrogens (tertiary/aromatic N) is 2. The SMILES string of the molecule is Cc1nn(C(C)(C)C)cc1C(C)NC(=O)Nc1c[nH]c(=O)c(C)c1. The van der Waals surface area contributed by atoms with Crippen molar-refractivity contribution < 1.29 is 4.79 Å². The van der Waals surface area contributed by atoms with Crippen molar-refractivity contribution in [2.45, 2.75) is 53.1 Å². The molecule has 2 aromatic heterocycles. The Hall–Kier alpha value is -2.57. The molecule has 0 aliphatic rings. The Labute approximate surface area is 141 Å². The van der Waals surface area contributed by atoms with E-state index in [1.165, 1.54) is 6.20 Å². The van der Waals surface area contributed by atoms with E-state index in [-0.39, 0.29) is 23.2 Å². The van der Waals surface area contributed by atoms with Crippen LogP contribution in [-0.2, 0) is 5.54 Å². The highest BCUT2D eigenvalue weighted by Gasteiger charge is 2.20. The Morgan fingerprint density at radius 1 is 1.33 bits per heavy atom. The number of urea groups is 1. The van der Waals surface area contributed by atoms with E-state index >= 15 is 0 Å². The quantitative estimate of drug-likeness (QED) is 0.807. The molecule has 24 heavy (non-hydrogen) atoms. The minimum atomic E-state index is -0.336. The predicted octanol–water partition coefficient (Wildman–Crippen LogP) is 2.83. The zero-order valence-electron chi connectivity index (χ0n) is 15.0. The van der Waals surface area contributed by atoms with E-state index in [0.29, 0.717) is 11.3 Å². The van der Waals surface area contributed by atoms with Gasteiger partial charge in [-0.25, -0.2) is 4.79 Å². The second-order valence-corrected chi connectivity index (χ2v) is 7.01. The summed E-state index contributed by atoms with van der Waals surface area (Å²) < 4.78 is 1.90. The van der Waals surface area contributed by atoms with Gasteiger partial charge in [-0.15, -0.1) is 0 Å². The van der Waals surface area contributed by atoms with E-state index in [1.807, 2.05) is 24.7 Å². The molecule has 1 atom stereocenters. The number of aromatic nitrogens is 3. The van der Waals surface area contributed by atoms with Crippen LogP contribution in [-0.4, -0.2) is 20.8 Å². The van der Waals surface area contributed by atoms with E-state index in [1.54, 1.807) is 13.0 Å². The number of hydrogen-bond donors (Lipinski definition) is 3. The standard InChI is InChI=1S/C17H25N5O2/c1-10-7-13(8-18-15(10)23)20-16(24)19-11(2)14-9-22(17(4,5)6)21-12(14)3/h7-9,11H,1-6H3,(H,18,23)(H2,19,20,24). The second-order valence-electron chi connectivity index (χ2n) is 7.01. The average molecular weight is 331 g/mol. The first kappa shape index (κ1) is 17.8. The van der Waals surface area contributed by atoms with Crippen LogP contribution in [0.5, 0.6) is 0 Å². The number of amides is 2. The van der Waals surface area contributed by atoms with Crippen LogP contribution in [0.25, 0.3) is 0 Å². The zero-order chi connectivity index (χ0) is 18.1. The Balaban J connectivity index is 2.07. The van der Waals surface area contributed by atoms with Crippen LogP contribution in [0.3, 0.4) is 0 Å². The third-order valence-electron chi connectivity index (χ3n) is 3.79. The Morgan fingerprint density at radius 3 is 2.54 bits per heavy atom. The van der Waals surface area contributed by atoms with Gasteiger partial charge in [0.25, 0.3) is 5.56 Å². The minimum Gasteiger partial charge on any atom is -0.331 e. The highest BCUT2D eigenvalue weighted by molar-refractivity contribution is 5.89. The summed E-state index contributed by atoms with van der Waals surface area (Å²) in [5, 5.41) is 10.1. The van der Waals surface area contributed by atoms with Crippen molar-refractivity contribution in [3.05, 3.63) is 45.6 Å². The summed E-state index contributed by atoms with van der Waals surface area (Å²) in [4.78, 5) is 26.1. The largest absolute Gasteiger partial charge is 0.331 e. The number of H-pyrrole nitrogens is 1. The number of anilines is 1. The van der Waals surface area contributed by atoms with Crippen molar-refractivity contribution >= 4 is 11.7 Å². The number of carbonyl (C=O) groups is 1. The molecule has 0 saturated carbocycles. The van der Waals surface area contributed by atoms with E-state index < -0.39 is 0 Å². The summed E-state index contributed by atoms with van der Waals surface area (Å²) >= 11 is 0. The Kier molecular flexibility index (Phi) is 4.82. The number of rotatable bonds is 3. The number of aryl methyl sites for hydroxylation is 2. The van der Waals surface area contributed by atoms with Crippen LogP contribution >= 0.6 is 0 Å². The van der Waals surface area contributed by atoms with Gasteiger partial charge in [0.1, 0.15) is 0 Å². The normalized spacial score (nSPS) is 12.8. The monoisotopic (exact) mass is 331 g/mol. The molecule has 2 rings (SSSR count). The number of pyridine rings is 1. The first-order valence-electron chi connectivity index (χ1n) is 7.91. The summed E-state index contributed by atoms with van der Waals surface area (Å²) in [6.07, 6.45) is 3.44. The molecule has 0 spiro atoms. The molecule has 3 N–H and O–H groups in total. The zero-order valence-corrected chi connectivity index (χ0v) is 15.0. The molecule has 2 amide bonds. The van der Waals surface area contributed by atoms with E-state index in [4.69, 9.17) is 0 Å². The van der Waals surface area contributed by atoms with Crippen molar-refractivity contribution in [3.8, 4) is 0 Å². The maximum Gasteiger partial charge on any atom is 0.319 e. The Morgan fingerprint density at radius 2 is 2.00 bits per heavy atom. The molecular weight excluding hydrogens is 306 g/mol. The minimum absolute atomic E-state index is 0.113. The van der Waals surface area contributed by atoms with Gasteiger partial charge in [-0.1, -0.05) is 0 Å². The molecule has 7 nitrogen and oxygen atoms in total. The average Bonchev–Trinajstić information content (AvgIpc) is 2.85. The van der Waals surface area contributed by atoms with E-state index in [0.717, 1.165) is 11.3 Å². The van der Waals surface area contributed by atoms with Crippen LogP contribution in [0.1, 0.15) is 50.6 Å². The van der Waals surface area contributed by atoms with Crippen molar-refractivity contribution in [3.63, 3.8) is 0 Å². The highest BCUT2D eigenvalue weighted by Crippen LogP contribution is 2.21. The summed E-state index contributed by atoms with van der Waals surface area (Å²) in [6.45, 7) is 11.8. The molecule has 0 aliphatic heterocycles. The van der Waals surface area contributed by atoms with Crippen molar-refractivity contribution in [2.75, 3.05) is 5.32 Å². The third kappa shape index (κ3) is 4.04. The number of carbonyl (C=O) groups excluding carboxylic acids is 1. The first-order valence-corrected chi connectivity index (χ1v) is 7.91. The summed E-state index contributed by atoms with van der Waals surface area (Å²) in [5.74, 6) is 0. The van der Waals surface area contributed by atoms with Crippen LogP contribution in [0.15, 0.2) is 23.3 Å². The fourth-order valence-corrected chi connectivity index (χ4v) is 2.35. The van der Waals surface area contributed by atoms with E-state index in [2.05, 4.69) is 41.5 Å². The van der Waals surface area contributed by atoms with Crippen LogP contribution in [0.4, 0.5) is 10.5 Å². The summed E-state index contributed by atoms with van der Waals surface area (Å²) in [7, 11) is 0. The van der Waals surface area contributed by atoms with Gasteiger partial charge in [0.15, 0.2) is 0 Å². The predicted molar refractivity (Wildman–Crippen MR) is 94.3 cm³/mol. The fraction of sp³-hybridized carbons (Fsp3) is 0.471. The fourth-order valence-electron chi connectivity index (χ4n) is 2.35. The molecule has 0 fully saturated rings. The highest BCUT2D eigenvalue weighted by atomic mass is 16.2. The number of nitrogens with one attached hydrogen (secondary N) is 3. The topological polar surface area (TPSA) is 91.8 Å². The van der Waals surface area contributed by atoms with Gasteiger partial charge < -0.3 is 15.6 Å². The molecule has 0 aliphatic carbocycles. The van der Waals surface area contributed by atoms with Crippen molar-refractivity contribution in [2.24, 2.45) is 0 Å². The van der Waals surface area contributed by atoms with Gasteiger partial charge in [-0.05, 0) is 47.6 Å². The smallest absolute Gasteiger partial charge is 0.319 e. The molecule has 2 heterocycles. The number of aromatic amines is 1. The van der Waals surface area contributed by atoms with Crippen molar-refractivity contribution in [1.29, 1.82) is 0 Å². The molecule has 1 unspecified atom stereocenters. The number of hydrogen-bond acceptors (Lipinski definition) is 3. The summed E-state index contributed by atoms with van der Waals surface area (Å²) in [5.41, 5.74) is 2.66. The maximum atomic E-state index is 12.2. The van der Waals surface area contributed by atoms with Gasteiger partial charge in [-0.3, -0.25) is 9.48 Å². The molecule has 0 radical (unpaired) electrons. The molecular formula is C17H25N5O2. The summed E-state index contributed by atoms with van der Waals surface area (Å²) in [6, 6.07) is 1.10. The first-order chi connectivity index (χ1) is 11.1. The maximum absolute atomic E-state index is 12.2. The van der Waals surface area contributed by atoms with Crippen LogP contribution < -0.4 is 16.2 Å². The lowest BCUT2D eigenvalue weighted by Crippen LogP contribution is -2.31. The van der Waals surface area contributed by atoms with Crippen molar-refractivity contribution in [1.82, 2.24) is 20.1 Å². The van der Waals surface area contributed by atoms with Gasteiger partial charge in [-0.2, -0.15) is 5.10 Å². The lowest BCUT2D eigenvalue weighted by Gasteiger charge is -2.19. The molecule has 0 bridgehead atoms. The molecule has 2 aromatic rings. The lowest BCUT2D eigenvalue weighted by molar-refractivity contribution is 0.249. The molecule has 130 valence electrons. The molecule has 0 saturated heterocycles. The van der Waals surface area contributed by atoms with Gasteiger partial charge >= 0.3 is 6.03 Å². The third-order valence-corrected chi connectivity index (χ3v) is 3.79. The van der Waals surface area contributed by atoms with Gasteiger partial charge in [0.05, 0.1) is 23.0 Å². The van der Waals surface area contributed by atoms with Crippen LogP contribution in [0.2, 0.25) is 0 Å². The van der Waals surface area contributed by atoms with E-state index in [9.17, 15) is 9.59 Å².